The summed E-state index contributed by atoms with van der Waals surface area (Å²) in [5.41, 5.74) is 3.62. The van der Waals surface area contributed by atoms with Gasteiger partial charge in [-0.05, 0) is 62.1 Å². The number of Topliss-reactive ketones (excluding diaryl/α,β-unsaturated/α-hetero) is 1. The van der Waals surface area contributed by atoms with E-state index in [1.165, 1.54) is 6.42 Å². The quantitative estimate of drug-likeness (QED) is 0.679. The van der Waals surface area contributed by atoms with E-state index in [-0.39, 0.29) is 30.1 Å². The lowest BCUT2D eigenvalue weighted by molar-refractivity contribution is -0.146. The SMILES string of the molecule is CC1=C(C(=O)OC2CCCCC2)[C@@H](c2ccc3c(c2)OCO3)C2=C(CC(C)(C)CC2=O)N1. The molecule has 0 radical (unpaired) electrons. The van der Waals surface area contributed by atoms with Crippen LogP contribution in [0.1, 0.15) is 77.2 Å². The highest BCUT2D eigenvalue weighted by atomic mass is 16.7. The number of hydrogen-bond donors (Lipinski definition) is 1. The minimum atomic E-state index is -0.472. The molecule has 0 saturated heterocycles. The molecule has 0 aromatic heterocycles. The second-order valence-corrected chi connectivity index (χ2v) is 10.2. The number of ketones is 1. The fraction of sp³-hybridized carbons (Fsp3) is 0.538. The second kappa shape index (κ2) is 7.98. The normalized spacial score (nSPS) is 24.8. The number of ether oxygens (including phenoxy) is 3. The first kappa shape index (κ1) is 21.1. The molecule has 5 rings (SSSR count). The van der Waals surface area contributed by atoms with Gasteiger partial charge in [-0.25, -0.2) is 4.79 Å². The topological polar surface area (TPSA) is 73.9 Å². The zero-order chi connectivity index (χ0) is 22.5. The van der Waals surface area contributed by atoms with Gasteiger partial charge in [0.2, 0.25) is 6.79 Å². The van der Waals surface area contributed by atoms with Crippen LogP contribution >= 0.6 is 0 Å². The number of benzene rings is 1. The number of carbonyl (C=O) groups excluding carboxylic acids is 2. The van der Waals surface area contributed by atoms with Gasteiger partial charge in [-0.15, -0.1) is 0 Å². The Morgan fingerprint density at radius 2 is 1.84 bits per heavy atom. The summed E-state index contributed by atoms with van der Waals surface area (Å²) in [5.74, 6) is 0.612. The number of esters is 1. The van der Waals surface area contributed by atoms with Crippen molar-refractivity contribution in [2.45, 2.75) is 77.7 Å². The smallest absolute Gasteiger partial charge is 0.337 e. The molecule has 0 spiro atoms. The Labute approximate surface area is 189 Å². The fourth-order valence-corrected chi connectivity index (χ4v) is 5.53. The molecule has 0 amide bonds. The molecule has 32 heavy (non-hydrogen) atoms. The maximum absolute atomic E-state index is 13.5. The molecule has 2 aliphatic carbocycles. The molecule has 1 N–H and O–H groups in total. The summed E-state index contributed by atoms with van der Waals surface area (Å²) in [6.07, 6.45) is 6.34. The first-order valence-corrected chi connectivity index (χ1v) is 11.7. The first-order valence-electron chi connectivity index (χ1n) is 11.7. The number of hydrogen-bond acceptors (Lipinski definition) is 6. The van der Waals surface area contributed by atoms with Gasteiger partial charge in [0.05, 0.1) is 5.57 Å². The minimum absolute atomic E-state index is 0.0506. The molecule has 1 aromatic carbocycles. The molecule has 1 aromatic rings. The van der Waals surface area contributed by atoms with Crippen LogP contribution < -0.4 is 14.8 Å². The van der Waals surface area contributed by atoms with E-state index in [4.69, 9.17) is 14.2 Å². The van der Waals surface area contributed by atoms with Crippen molar-refractivity contribution in [3.63, 3.8) is 0 Å². The van der Waals surface area contributed by atoms with E-state index < -0.39 is 5.92 Å². The summed E-state index contributed by atoms with van der Waals surface area (Å²) in [5, 5.41) is 3.41. The summed E-state index contributed by atoms with van der Waals surface area (Å²) < 4.78 is 17.0. The number of nitrogens with one attached hydrogen (secondary N) is 1. The van der Waals surface area contributed by atoms with E-state index in [1.807, 2.05) is 25.1 Å². The van der Waals surface area contributed by atoms with Crippen molar-refractivity contribution < 1.29 is 23.8 Å². The van der Waals surface area contributed by atoms with Gasteiger partial charge in [-0.2, -0.15) is 0 Å². The van der Waals surface area contributed by atoms with Crippen molar-refractivity contribution in [1.82, 2.24) is 5.32 Å². The highest BCUT2D eigenvalue weighted by Gasteiger charge is 2.43. The molecular weight excluding hydrogens is 406 g/mol. The highest BCUT2D eigenvalue weighted by molar-refractivity contribution is 6.04. The van der Waals surface area contributed by atoms with Crippen molar-refractivity contribution in [2.24, 2.45) is 5.41 Å². The molecule has 6 nitrogen and oxygen atoms in total. The van der Waals surface area contributed by atoms with Crippen molar-refractivity contribution in [2.75, 3.05) is 6.79 Å². The van der Waals surface area contributed by atoms with Gasteiger partial charge in [-0.3, -0.25) is 4.79 Å². The third-order valence-electron chi connectivity index (χ3n) is 7.02. The van der Waals surface area contributed by atoms with Crippen LogP contribution in [0.3, 0.4) is 0 Å². The van der Waals surface area contributed by atoms with Gasteiger partial charge in [0, 0.05) is 29.3 Å². The van der Waals surface area contributed by atoms with E-state index in [2.05, 4.69) is 19.2 Å². The average Bonchev–Trinajstić information content (AvgIpc) is 3.20. The van der Waals surface area contributed by atoms with Crippen LogP contribution in [0.4, 0.5) is 0 Å². The van der Waals surface area contributed by atoms with Crippen LogP contribution in [-0.4, -0.2) is 24.6 Å². The molecule has 0 unspecified atom stereocenters. The third kappa shape index (κ3) is 3.80. The molecule has 0 bridgehead atoms. The minimum Gasteiger partial charge on any atom is -0.459 e. The van der Waals surface area contributed by atoms with Crippen molar-refractivity contribution in [3.05, 3.63) is 46.3 Å². The standard InChI is InChI=1S/C26H31NO5/c1-15-22(25(29)32-17-7-5-4-6-8-17)23(16-9-10-20-21(11-16)31-14-30-20)24-18(27-15)12-26(2,3)13-19(24)28/h9-11,17,23,27H,4-8,12-14H2,1-3H3/t23-/m1/s1. The predicted molar refractivity (Wildman–Crippen MR) is 119 cm³/mol. The van der Waals surface area contributed by atoms with E-state index in [1.54, 1.807) is 0 Å². The molecule has 2 aliphatic heterocycles. The van der Waals surface area contributed by atoms with Gasteiger partial charge in [-0.1, -0.05) is 26.3 Å². The van der Waals surface area contributed by atoms with E-state index >= 15 is 0 Å². The summed E-state index contributed by atoms with van der Waals surface area (Å²) in [6.45, 7) is 6.31. The molecule has 1 fully saturated rings. The van der Waals surface area contributed by atoms with Crippen molar-refractivity contribution >= 4 is 11.8 Å². The number of fused-ring (bicyclic) bond motifs is 1. The lowest BCUT2D eigenvalue weighted by Crippen LogP contribution is -2.39. The van der Waals surface area contributed by atoms with Crippen LogP contribution in [0.2, 0.25) is 0 Å². The zero-order valence-corrected chi connectivity index (χ0v) is 19.1. The Morgan fingerprint density at radius 1 is 1.09 bits per heavy atom. The average molecular weight is 438 g/mol. The van der Waals surface area contributed by atoms with Gasteiger partial charge in [0.25, 0.3) is 0 Å². The van der Waals surface area contributed by atoms with Crippen molar-refractivity contribution in [3.8, 4) is 11.5 Å². The Hall–Kier alpha value is -2.76. The summed E-state index contributed by atoms with van der Waals surface area (Å²) in [6, 6.07) is 5.69. The number of dihydropyridines is 1. The Kier molecular flexibility index (Phi) is 5.26. The Bertz CT molecular complexity index is 1030. The predicted octanol–water partition coefficient (Wildman–Crippen LogP) is 4.90. The van der Waals surface area contributed by atoms with Crippen LogP contribution in [0.25, 0.3) is 0 Å². The molecule has 4 aliphatic rings. The molecule has 1 atom stereocenters. The van der Waals surface area contributed by atoms with Gasteiger partial charge in [0.15, 0.2) is 17.3 Å². The number of allylic oxidation sites excluding steroid dienone is 3. The van der Waals surface area contributed by atoms with Crippen LogP contribution in [0, 0.1) is 5.41 Å². The maximum atomic E-state index is 13.5. The lowest BCUT2D eigenvalue weighted by Gasteiger charge is -2.39. The second-order valence-electron chi connectivity index (χ2n) is 10.2. The Balaban J connectivity index is 1.57. The highest BCUT2D eigenvalue weighted by Crippen LogP contribution is 2.48. The molecular formula is C26H31NO5. The largest absolute Gasteiger partial charge is 0.459 e. The van der Waals surface area contributed by atoms with Crippen LogP contribution in [0.15, 0.2) is 40.7 Å². The monoisotopic (exact) mass is 437 g/mol. The van der Waals surface area contributed by atoms with Crippen LogP contribution in [0.5, 0.6) is 11.5 Å². The molecule has 1 saturated carbocycles. The van der Waals surface area contributed by atoms with Gasteiger partial charge in [0.1, 0.15) is 6.10 Å². The third-order valence-corrected chi connectivity index (χ3v) is 7.02. The zero-order valence-electron chi connectivity index (χ0n) is 19.1. The van der Waals surface area contributed by atoms with Crippen molar-refractivity contribution in [1.29, 1.82) is 0 Å². The molecule has 170 valence electrons. The van der Waals surface area contributed by atoms with E-state index in [0.29, 0.717) is 29.1 Å². The Morgan fingerprint density at radius 3 is 2.62 bits per heavy atom. The summed E-state index contributed by atoms with van der Waals surface area (Å²) >= 11 is 0. The van der Waals surface area contributed by atoms with E-state index in [9.17, 15) is 9.59 Å². The number of rotatable bonds is 3. The number of carbonyl (C=O) groups is 2. The summed E-state index contributed by atoms with van der Waals surface area (Å²) in [4.78, 5) is 26.9. The van der Waals surface area contributed by atoms with Gasteiger partial charge >= 0.3 is 5.97 Å². The first-order chi connectivity index (χ1) is 15.3. The summed E-state index contributed by atoms with van der Waals surface area (Å²) in [7, 11) is 0. The van der Waals surface area contributed by atoms with E-state index in [0.717, 1.165) is 49.1 Å². The van der Waals surface area contributed by atoms with Gasteiger partial charge < -0.3 is 19.5 Å². The van der Waals surface area contributed by atoms with Crippen LogP contribution in [-0.2, 0) is 14.3 Å². The maximum Gasteiger partial charge on any atom is 0.337 e. The fourth-order valence-electron chi connectivity index (χ4n) is 5.53. The lowest BCUT2D eigenvalue weighted by atomic mass is 9.68. The molecule has 6 heteroatoms. The molecule has 2 heterocycles.